The molecule has 0 amide bonds. The SMILES string of the molecule is [CH]1CCC2CCCN2S1. The maximum atomic E-state index is 2.53. The van der Waals surface area contributed by atoms with E-state index in [2.05, 4.69) is 10.1 Å². The first-order valence-corrected chi connectivity index (χ1v) is 4.55. The van der Waals surface area contributed by atoms with E-state index >= 15 is 0 Å². The molecule has 0 aromatic heterocycles. The molecule has 9 heavy (non-hydrogen) atoms. The Labute approximate surface area is 60.9 Å². The van der Waals surface area contributed by atoms with Crippen molar-refractivity contribution in [3.05, 3.63) is 5.75 Å². The molecule has 2 fully saturated rings. The second-order valence-corrected chi connectivity index (χ2v) is 3.80. The maximum Gasteiger partial charge on any atom is 0.0327 e. The highest BCUT2D eigenvalue weighted by Crippen LogP contribution is 2.35. The molecule has 1 unspecified atom stereocenters. The van der Waals surface area contributed by atoms with E-state index in [9.17, 15) is 0 Å². The molecule has 0 aromatic rings. The molecule has 1 atom stereocenters. The fourth-order valence-electron chi connectivity index (χ4n) is 1.65. The van der Waals surface area contributed by atoms with Crippen molar-refractivity contribution in [3.8, 4) is 0 Å². The Morgan fingerprint density at radius 3 is 3.33 bits per heavy atom. The Morgan fingerprint density at radius 2 is 2.44 bits per heavy atom. The van der Waals surface area contributed by atoms with Gasteiger partial charge in [-0.15, -0.1) is 0 Å². The summed E-state index contributed by atoms with van der Waals surface area (Å²) in [5.41, 5.74) is 0. The van der Waals surface area contributed by atoms with Gasteiger partial charge in [0, 0.05) is 18.3 Å². The number of hydrogen-bond donors (Lipinski definition) is 0. The van der Waals surface area contributed by atoms with Crippen molar-refractivity contribution >= 4 is 11.9 Å². The van der Waals surface area contributed by atoms with Crippen LogP contribution in [0.5, 0.6) is 0 Å². The summed E-state index contributed by atoms with van der Waals surface area (Å²) in [6.07, 6.45) is 5.60. The summed E-state index contributed by atoms with van der Waals surface area (Å²) in [5.74, 6) is 2.34. The normalized spacial score (nSPS) is 36.7. The van der Waals surface area contributed by atoms with Gasteiger partial charge in [0.1, 0.15) is 0 Å². The van der Waals surface area contributed by atoms with Gasteiger partial charge in [-0.25, -0.2) is 4.31 Å². The molecular formula is C7H12NS. The van der Waals surface area contributed by atoms with Crippen LogP contribution in [0.4, 0.5) is 0 Å². The first-order valence-electron chi connectivity index (χ1n) is 3.72. The third-order valence-electron chi connectivity index (χ3n) is 2.15. The lowest BCUT2D eigenvalue weighted by Gasteiger charge is -2.27. The molecule has 0 bridgehead atoms. The lowest BCUT2D eigenvalue weighted by atomic mass is 10.1. The summed E-state index contributed by atoms with van der Waals surface area (Å²) >= 11 is 1.94. The van der Waals surface area contributed by atoms with Crippen molar-refractivity contribution in [2.24, 2.45) is 0 Å². The fraction of sp³-hybridized carbons (Fsp3) is 0.857. The van der Waals surface area contributed by atoms with Gasteiger partial charge < -0.3 is 0 Å². The Morgan fingerprint density at radius 1 is 1.44 bits per heavy atom. The minimum atomic E-state index is 0.931. The van der Waals surface area contributed by atoms with Gasteiger partial charge in [0.15, 0.2) is 0 Å². The molecule has 2 aliphatic heterocycles. The predicted octanol–water partition coefficient (Wildman–Crippen LogP) is 2.05. The van der Waals surface area contributed by atoms with Crippen molar-refractivity contribution in [2.45, 2.75) is 31.7 Å². The van der Waals surface area contributed by atoms with Crippen LogP contribution in [0, 0.1) is 5.75 Å². The highest BCUT2D eigenvalue weighted by molar-refractivity contribution is 7.99. The molecule has 51 valence electrons. The summed E-state index contributed by atoms with van der Waals surface area (Å²) in [5, 5.41) is 0. The Bertz CT molecular complexity index is 93.1. The highest BCUT2D eigenvalue weighted by atomic mass is 32.2. The molecule has 2 saturated heterocycles. The Balaban J connectivity index is 1.97. The summed E-state index contributed by atoms with van der Waals surface area (Å²) in [6, 6.07) is 0.931. The van der Waals surface area contributed by atoms with Crippen LogP contribution in [0.1, 0.15) is 25.7 Å². The van der Waals surface area contributed by atoms with E-state index in [0.717, 1.165) is 6.04 Å². The average Bonchev–Trinajstić information content (AvgIpc) is 2.33. The van der Waals surface area contributed by atoms with E-state index in [1.54, 1.807) is 0 Å². The zero-order valence-electron chi connectivity index (χ0n) is 5.55. The molecule has 1 radical (unpaired) electrons. The zero-order chi connectivity index (χ0) is 6.10. The molecule has 0 saturated carbocycles. The van der Waals surface area contributed by atoms with Gasteiger partial charge in [0.05, 0.1) is 0 Å². The monoisotopic (exact) mass is 142 g/mol. The van der Waals surface area contributed by atoms with Crippen LogP contribution in [0.25, 0.3) is 0 Å². The van der Waals surface area contributed by atoms with Crippen molar-refractivity contribution in [2.75, 3.05) is 6.54 Å². The van der Waals surface area contributed by atoms with Crippen molar-refractivity contribution < 1.29 is 0 Å². The average molecular weight is 142 g/mol. The Hall–Kier alpha value is 0.310. The molecule has 0 spiro atoms. The smallest absolute Gasteiger partial charge is 0.0327 e. The molecule has 2 aliphatic rings. The second kappa shape index (κ2) is 2.51. The minimum Gasteiger partial charge on any atom is -0.247 e. The summed E-state index contributed by atoms with van der Waals surface area (Å²) in [7, 11) is 0. The third-order valence-corrected chi connectivity index (χ3v) is 3.29. The molecule has 1 nitrogen and oxygen atoms in total. The van der Waals surface area contributed by atoms with Gasteiger partial charge in [-0.05, 0) is 25.7 Å². The van der Waals surface area contributed by atoms with Crippen LogP contribution in [0.15, 0.2) is 0 Å². The topological polar surface area (TPSA) is 3.24 Å². The molecule has 2 rings (SSSR count). The van der Waals surface area contributed by atoms with E-state index in [1.165, 1.54) is 32.2 Å². The first kappa shape index (κ1) is 6.05. The van der Waals surface area contributed by atoms with Crippen molar-refractivity contribution in [1.82, 2.24) is 4.31 Å². The van der Waals surface area contributed by atoms with Crippen LogP contribution in [-0.2, 0) is 0 Å². The van der Waals surface area contributed by atoms with Crippen molar-refractivity contribution in [3.63, 3.8) is 0 Å². The summed E-state index contributed by atoms with van der Waals surface area (Å²) < 4.78 is 2.53. The molecule has 2 heterocycles. The van der Waals surface area contributed by atoms with Crippen LogP contribution in [-0.4, -0.2) is 16.9 Å². The largest absolute Gasteiger partial charge is 0.247 e. The van der Waals surface area contributed by atoms with Crippen LogP contribution in [0.2, 0.25) is 0 Å². The van der Waals surface area contributed by atoms with Crippen LogP contribution < -0.4 is 0 Å². The van der Waals surface area contributed by atoms with E-state index in [0.29, 0.717) is 0 Å². The lowest BCUT2D eigenvalue weighted by molar-refractivity contribution is 0.401. The fourth-order valence-corrected chi connectivity index (χ4v) is 2.70. The maximum absolute atomic E-state index is 2.53. The highest BCUT2D eigenvalue weighted by Gasteiger charge is 2.27. The van der Waals surface area contributed by atoms with Gasteiger partial charge >= 0.3 is 0 Å². The molecule has 0 aromatic carbocycles. The van der Waals surface area contributed by atoms with Gasteiger partial charge in [-0.1, -0.05) is 11.9 Å². The van der Waals surface area contributed by atoms with Crippen molar-refractivity contribution in [1.29, 1.82) is 0 Å². The summed E-state index contributed by atoms with van der Waals surface area (Å²) in [4.78, 5) is 0. The van der Waals surface area contributed by atoms with E-state index in [1.807, 2.05) is 11.9 Å². The standard InChI is InChI=1S/C7H12NS/c1-3-7-4-2-6-9-8(7)5-1/h6-7H,1-5H2. The summed E-state index contributed by atoms with van der Waals surface area (Å²) in [6.45, 7) is 1.33. The number of fused-ring (bicyclic) bond motifs is 1. The van der Waals surface area contributed by atoms with Gasteiger partial charge in [-0.3, -0.25) is 0 Å². The Kier molecular flexibility index (Phi) is 1.68. The molecular weight excluding hydrogens is 130 g/mol. The van der Waals surface area contributed by atoms with E-state index < -0.39 is 0 Å². The van der Waals surface area contributed by atoms with Gasteiger partial charge in [0.25, 0.3) is 0 Å². The van der Waals surface area contributed by atoms with E-state index in [-0.39, 0.29) is 0 Å². The van der Waals surface area contributed by atoms with Gasteiger partial charge in [0.2, 0.25) is 0 Å². The second-order valence-electron chi connectivity index (χ2n) is 2.79. The van der Waals surface area contributed by atoms with E-state index in [4.69, 9.17) is 0 Å². The quantitative estimate of drug-likeness (QED) is 0.476. The molecule has 0 N–H and O–H groups in total. The third kappa shape index (κ3) is 1.10. The predicted molar refractivity (Wildman–Crippen MR) is 40.9 cm³/mol. The van der Waals surface area contributed by atoms with Gasteiger partial charge in [-0.2, -0.15) is 0 Å². The minimum absolute atomic E-state index is 0.931. The first-order chi connectivity index (χ1) is 4.47. The van der Waals surface area contributed by atoms with Crippen LogP contribution >= 0.6 is 11.9 Å². The number of nitrogens with zero attached hydrogens (tertiary/aromatic N) is 1. The molecule has 2 heteroatoms. The zero-order valence-corrected chi connectivity index (χ0v) is 6.36. The van der Waals surface area contributed by atoms with Crippen LogP contribution in [0.3, 0.4) is 0 Å². The number of hydrogen-bond acceptors (Lipinski definition) is 2. The lowest BCUT2D eigenvalue weighted by Crippen LogP contribution is -2.25. The number of rotatable bonds is 0. The molecule has 0 aliphatic carbocycles.